The van der Waals surface area contributed by atoms with Crippen LogP contribution in [0.5, 0.6) is 5.75 Å². The molecule has 1 aromatic heterocycles. The SMILES string of the molecule is COc1cc(B2OC(C)(C)C(C)(C)O2)c2oc3c4ccccc4ccc3c2c1. The summed E-state index contributed by atoms with van der Waals surface area (Å²) in [7, 11) is 1.15. The molecule has 2 heterocycles. The number of fused-ring (bicyclic) bond motifs is 5. The fraction of sp³-hybridized carbons (Fsp3) is 0.304. The Balaban J connectivity index is 1.81. The van der Waals surface area contributed by atoms with Gasteiger partial charge in [-0.05, 0) is 51.3 Å². The third-order valence-corrected chi connectivity index (χ3v) is 6.21. The minimum atomic E-state index is -0.519. The molecule has 28 heavy (non-hydrogen) atoms. The zero-order chi connectivity index (χ0) is 19.7. The highest BCUT2D eigenvalue weighted by Gasteiger charge is 2.52. The van der Waals surface area contributed by atoms with Crippen molar-refractivity contribution < 1.29 is 18.5 Å². The Morgan fingerprint density at radius 1 is 0.786 bits per heavy atom. The largest absolute Gasteiger partial charge is 0.498 e. The Kier molecular flexibility index (Phi) is 3.62. The van der Waals surface area contributed by atoms with Gasteiger partial charge >= 0.3 is 7.12 Å². The van der Waals surface area contributed by atoms with Crippen LogP contribution in [0.15, 0.2) is 52.9 Å². The van der Waals surface area contributed by atoms with Crippen LogP contribution < -0.4 is 10.2 Å². The van der Waals surface area contributed by atoms with Crippen molar-refractivity contribution >= 4 is 45.3 Å². The van der Waals surface area contributed by atoms with E-state index in [0.29, 0.717) is 0 Å². The number of hydrogen-bond acceptors (Lipinski definition) is 4. The third kappa shape index (κ3) is 2.39. The van der Waals surface area contributed by atoms with Gasteiger partial charge in [-0.1, -0.05) is 30.3 Å². The molecule has 1 aliphatic rings. The molecule has 5 rings (SSSR count). The highest BCUT2D eigenvalue weighted by Crippen LogP contribution is 2.39. The van der Waals surface area contributed by atoms with Crippen LogP contribution in [0, 0.1) is 0 Å². The number of hydrogen-bond donors (Lipinski definition) is 0. The summed E-state index contributed by atoms with van der Waals surface area (Å²) in [6, 6.07) is 16.5. The van der Waals surface area contributed by atoms with Gasteiger partial charge in [-0.25, -0.2) is 0 Å². The highest BCUT2D eigenvalue weighted by molar-refractivity contribution is 6.65. The molecular formula is C23H23BO4. The monoisotopic (exact) mass is 374 g/mol. The molecule has 0 saturated carbocycles. The first-order valence-corrected chi connectivity index (χ1v) is 9.58. The van der Waals surface area contributed by atoms with E-state index in [1.165, 1.54) is 0 Å². The molecule has 1 aliphatic heterocycles. The maximum atomic E-state index is 6.43. The number of ether oxygens (including phenoxy) is 1. The van der Waals surface area contributed by atoms with Crippen molar-refractivity contribution in [3.63, 3.8) is 0 Å². The summed E-state index contributed by atoms with van der Waals surface area (Å²) >= 11 is 0. The lowest BCUT2D eigenvalue weighted by atomic mass is 9.78. The Labute approximate surface area is 164 Å². The molecule has 0 atom stereocenters. The quantitative estimate of drug-likeness (QED) is 0.461. The summed E-state index contributed by atoms with van der Waals surface area (Å²) in [6.45, 7) is 8.21. The maximum Gasteiger partial charge on any atom is 0.498 e. The lowest BCUT2D eigenvalue weighted by Crippen LogP contribution is -2.41. The normalized spacial score (nSPS) is 18.4. The minimum absolute atomic E-state index is 0.425. The van der Waals surface area contributed by atoms with Gasteiger partial charge in [0.1, 0.15) is 16.9 Å². The molecule has 142 valence electrons. The van der Waals surface area contributed by atoms with Gasteiger partial charge in [-0.3, -0.25) is 0 Å². The van der Waals surface area contributed by atoms with E-state index in [9.17, 15) is 0 Å². The number of benzene rings is 3. The van der Waals surface area contributed by atoms with Crippen LogP contribution in [0.25, 0.3) is 32.7 Å². The fourth-order valence-corrected chi connectivity index (χ4v) is 3.87. The standard InChI is InChI=1S/C23H23BO4/c1-22(2)23(3,4)28-24(27-22)19-13-15(25-5)12-18-17-11-10-14-8-6-7-9-16(14)20(17)26-21(18)19/h6-13H,1-5H3. The van der Waals surface area contributed by atoms with E-state index in [2.05, 4.69) is 52.0 Å². The molecule has 4 nitrogen and oxygen atoms in total. The molecule has 4 aromatic rings. The molecule has 1 saturated heterocycles. The van der Waals surface area contributed by atoms with Crippen molar-refractivity contribution in [2.75, 3.05) is 7.11 Å². The van der Waals surface area contributed by atoms with E-state index in [4.69, 9.17) is 18.5 Å². The van der Waals surface area contributed by atoms with E-state index in [1.54, 1.807) is 7.11 Å². The van der Waals surface area contributed by atoms with Crippen molar-refractivity contribution in [2.24, 2.45) is 0 Å². The second-order valence-electron chi connectivity index (χ2n) is 8.45. The second kappa shape index (κ2) is 5.75. The van der Waals surface area contributed by atoms with Crippen molar-refractivity contribution in [3.8, 4) is 5.75 Å². The van der Waals surface area contributed by atoms with Gasteiger partial charge in [-0.15, -0.1) is 0 Å². The zero-order valence-corrected chi connectivity index (χ0v) is 16.8. The molecule has 5 heteroatoms. The van der Waals surface area contributed by atoms with Crippen molar-refractivity contribution in [2.45, 2.75) is 38.9 Å². The van der Waals surface area contributed by atoms with Crippen LogP contribution in [0.3, 0.4) is 0 Å². The molecule has 0 spiro atoms. The van der Waals surface area contributed by atoms with Crippen LogP contribution in [0.2, 0.25) is 0 Å². The van der Waals surface area contributed by atoms with Crippen LogP contribution in [0.1, 0.15) is 27.7 Å². The molecule has 1 fully saturated rings. The van der Waals surface area contributed by atoms with Crippen LogP contribution in [-0.4, -0.2) is 25.4 Å². The minimum Gasteiger partial charge on any atom is -0.497 e. The van der Waals surface area contributed by atoms with Gasteiger partial charge in [-0.2, -0.15) is 0 Å². The van der Waals surface area contributed by atoms with Crippen molar-refractivity contribution in [3.05, 3.63) is 48.5 Å². The predicted octanol–water partition coefficient (Wildman–Crippen LogP) is 5.05. The smallest absolute Gasteiger partial charge is 0.497 e. The van der Waals surface area contributed by atoms with Gasteiger partial charge < -0.3 is 18.5 Å². The Morgan fingerprint density at radius 2 is 1.50 bits per heavy atom. The first-order valence-electron chi connectivity index (χ1n) is 9.58. The average molecular weight is 374 g/mol. The summed E-state index contributed by atoms with van der Waals surface area (Å²) in [4.78, 5) is 0. The third-order valence-electron chi connectivity index (χ3n) is 6.21. The van der Waals surface area contributed by atoms with Crippen molar-refractivity contribution in [1.29, 1.82) is 0 Å². The first kappa shape index (κ1) is 17.6. The van der Waals surface area contributed by atoms with Crippen molar-refractivity contribution in [1.82, 2.24) is 0 Å². The van der Waals surface area contributed by atoms with E-state index >= 15 is 0 Å². The summed E-state index contributed by atoms with van der Waals surface area (Å²) in [6.07, 6.45) is 0. The van der Waals surface area contributed by atoms with Crippen LogP contribution in [0.4, 0.5) is 0 Å². The van der Waals surface area contributed by atoms with Crippen LogP contribution in [-0.2, 0) is 9.31 Å². The molecule has 0 radical (unpaired) electrons. The molecule has 0 aliphatic carbocycles. The molecule has 0 N–H and O–H groups in total. The zero-order valence-electron chi connectivity index (χ0n) is 16.8. The molecule has 3 aromatic carbocycles. The van der Waals surface area contributed by atoms with Gasteiger partial charge in [0, 0.05) is 21.6 Å². The number of methoxy groups -OCH3 is 1. The van der Waals surface area contributed by atoms with Crippen LogP contribution >= 0.6 is 0 Å². The second-order valence-corrected chi connectivity index (χ2v) is 8.45. The summed E-state index contributed by atoms with van der Waals surface area (Å²) in [5.41, 5.74) is 1.66. The molecule has 0 unspecified atom stereocenters. The molecule has 0 amide bonds. The predicted molar refractivity (Wildman–Crippen MR) is 113 cm³/mol. The molecule has 0 bridgehead atoms. The lowest BCUT2D eigenvalue weighted by molar-refractivity contribution is 0.00578. The topological polar surface area (TPSA) is 40.8 Å². The van der Waals surface area contributed by atoms with Gasteiger partial charge in [0.15, 0.2) is 0 Å². The summed E-state index contributed by atoms with van der Waals surface area (Å²) < 4.78 is 24.6. The average Bonchev–Trinajstić information content (AvgIpc) is 3.14. The van der Waals surface area contributed by atoms with E-state index < -0.39 is 18.3 Å². The fourth-order valence-electron chi connectivity index (χ4n) is 3.87. The number of furan rings is 1. The van der Waals surface area contributed by atoms with Gasteiger partial charge in [0.2, 0.25) is 0 Å². The highest BCUT2D eigenvalue weighted by atomic mass is 16.7. The van der Waals surface area contributed by atoms with E-state index in [0.717, 1.165) is 43.9 Å². The van der Waals surface area contributed by atoms with Gasteiger partial charge in [0.05, 0.1) is 18.3 Å². The lowest BCUT2D eigenvalue weighted by Gasteiger charge is -2.32. The Hall–Kier alpha value is -2.50. The van der Waals surface area contributed by atoms with E-state index in [1.807, 2.05) is 24.3 Å². The summed E-state index contributed by atoms with van der Waals surface area (Å²) in [5.74, 6) is 0.757. The Bertz CT molecular complexity index is 1210. The summed E-state index contributed by atoms with van der Waals surface area (Å²) in [5, 5.41) is 4.31. The van der Waals surface area contributed by atoms with E-state index in [-0.39, 0.29) is 0 Å². The number of rotatable bonds is 2. The molecular weight excluding hydrogens is 351 g/mol. The maximum absolute atomic E-state index is 6.43. The van der Waals surface area contributed by atoms with Gasteiger partial charge in [0.25, 0.3) is 0 Å². The Morgan fingerprint density at radius 3 is 2.21 bits per heavy atom. The first-order chi connectivity index (χ1) is 13.3.